The Labute approximate surface area is 95.4 Å². The summed E-state index contributed by atoms with van der Waals surface area (Å²) in [7, 11) is 1.49. The quantitative estimate of drug-likeness (QED) is 0.757. The Bertz CT molecular complexity index is 331. The number of hydrogen-bond acceptors (Lipinski definition) is 3. The molecule has 3 nitrogen and oxygen atoms in total. The summed E-state index contributed by atoms with van der Waals surface area (Å²) in [6.07, 6.45) is 1.56. The molecule has 0 aliphatic rings. The predicted molar refractivity (Wildman–Crippen MR) is 60.9 cm³/mol. The van der Waals surface area contributed by atoms with Crippen LogP contribution in [-0.2, 0) is 11.2 Å². The normalized spacial score (nSPS) is 12.5. The van der Waals surface area contributed by atoms with Crippen molar-refractivity contribution in [3.8, 4) is 5.75 Å². The SMILES string of the molecule is CCC(N)Cc1ccc(OCOC)c(F)c1. The van der Waals surface area contributed by atoms with Gasteiger partial charge in [-0.25, -0.2) is 4.39 Å². The highest BCUT2D eigenvalue weighted by molar-refractivity contribution is 5.29. The summed E-state index contributed by atoms with van der Waals surface area (Å²) < 4.78 is 23.3. The Morgan fingerprint density at radius 2 is 2.19 bits per heavy atom. The second-order valence-corrected chi connectivity index (χ2v) is 3.69. The Morgan fingerprint density at radius 3 is 2.75 bits per heavy atom. The van der Waals surface area contributed by atoms with Gasteiger partial charge in [-0.3, -0.25) is 0 Å². The molecular weight excluding hydrogens is 209 g/mol. The lowest BCUT2D eigenvalue weighted by Crippen LogP contribution is -2.21. The second-order valence-electron chi connectivity index (χ2n) is 3.69. The molecule has 16 heavy (non-hydrogen) atoms. The minimum Gasteiger partial charge on any atom is -0.464 e. The van der Waals surface area contributed by atoms with Crippen LogP contribution in [0.25, 0.3) is 0 Å². The summed E-state index contributed by atoms with van der Waals surface area (Å²) in [5.74, 6) is -0.173. The van der Waals surface area contributed by atoms with E-state index in [1.165, 1.54) is 13.2 Å². The van der Waals surface area contributed by atoms with Gasteiger partial charge >= 0.3 is 0 Å². The first-order chi connectivity index (χ1) is 7.67. The van der Waals surface area contributed by atoms with Crippen molar-refractivity contribution < 1.29 is 13.9 Å². The minimum atomic E-state index is -0.377. The molecular formula is C12H18FNO2. The zero-order chi connectivity index (χ0) is 12.0. The average molecular weight is 227 g/mol. The standard InChI is InChI=1S/C12H18FNO2/c1-3-10(14)6-9-4-5-12(11(13)7-9)16-8-15-2/h4-5,7,10H,3,6,8,14H2,1-2H3. The Kier molecular flexibility index (Phi) is 5.22. The van der Waals surface area contributed by atoms with Gasteiger partial charge < -0.3 is 15.2 Å². The van der Waals surface area contributed by atoms with E-state index in [2.05, 4.69) is 0 Å². The van der Waals surface area contributed by atoms with Gasteiger partial charge in [0.2, 0.25) is 0 Å². The molecule has 0 saturated heterocycles. The van der Waals surface area contributed by atoms with E-state index < -0.39 is 0 Å². The Morgan fingerprint density at radius 1 is 1.44 bits per heavy atom. The van der Waals surface area contributed by atoms with Crippen molar-refractivity contribution in [1.29, 1.82) is 0 Å². The highest BCUT2D eigenvalue weighted by atomic mass is 19.1. The molecule has 0 fully saturated rings. The van der Waals surface area contributed by atoms with Crippen molar-refractivity contribution >= 4 is 0 Å². The van der Waals surface area contributed by atoms with Crippen molar-refractivity contribution in [2.75, 3.05) is 13.9 Å². The monoisotopic (exact) mass is 227 g/mol. The lowest BCUT2D eigenvalue weighted by molar-refractivity contribution is 0.0483. The highest BCUT2D eigenvalue weighted by Crippen LogP contribution is 2.19. The van der Waals surface area contributed by atoms with Crippen molar-refractivity contribution in [2.24, 2.45) is 5.73 Å². The maximum atomic E-state index is 13.5. The zero-order valence-electron chi connectivity index (χ0n) is 9.70. The second kappa shape index (κ2) is 6.45. The third-order valence-electron chi connectivity index (χ3n) is 2.35. The van der Waals surface area contributed by atoms with Crippen LogP contribution in [0.1, 0.15) is 18.9 Å². The van der Waals surface area contributed by atoms with Crippen LogP contribution in [0.15, 0.2) is 18.2 Å². The van der Waals surface area contributed by atoms with Crippen LogP contribution in [0, 0.1) is 5.82 Å². The van der Waals surface area contributed by atoms with Crippen LogP contribution >= 0.6 is 0 Å². The van der Waals surface area contributed by atoms with Gasteiger partial charge in [-0.2, -0.15) is 0 Å². The molecule has 0 heterocycles. The largest absolute Gasteiger partial charge is 0.464 e. The van der Waals surface area contributed by atoms with Gasteiger partial charge in [-0.15, -0.1) is 0 Å². The first-order valence-electron chi connectivity index (χ1n) is 5.33. The molecule has 1 aromatic rings. The van der Waals surface area contributed by atoms with Crippen molar-refractivity contribution in [1.82, 2.24) is 0 Å². The number of benzene rings is 1. The van der Waals surface area contributed by atoms with Crippen LogP contribution in [-0.4, -0.2) is 19.9 Å². The van der Waals surface area contributed by atoms with E-state index in [4.69, 9.17) is 15.2 Å². The number of rotatable bonds is 6. The number of ether oxygens (including phenoxy) is 2. The fourth-order valence-electron chi connectivity index (χ4n) is 1.36. The molecule has 90 valence electrons. The van der Waals surface area contributed by atoms with Crippen LogP contribution in [0.5, 0.6) is 5.75 Å². The summed E-state index contributed by atoms with van der Waals surface area (Å²) >= 11 is 0. The topological polar surface area (TPSA) is 44.5 Å². The summed E-state index contributed by atoms with van der Waals surface area (Å²) in [5, 5.41) is 0. The van der Waals surface area contributed by atoms with E-state index in [0.29, 0.717) is 6.42 Å². The zero-order valence-corrected chi connectivity index (χ0v) is 9.70. The Hall–Kier alpha value is -1.13. The lowest BCUT2D eigenvalue weighted by Gasteiger charge is -2.10. The molecule has 1 aromatic carbocycles. The van der Waals surface area contributed by atoms with Crippen molar-refractivity contribution in [2.45, 2.75) is 25.8 Å². The third-order valence-corrected chi connectivity index (χ3v) is 2.35. The van der Waals surface area contributed by atoms with E-state index in [9.17, 15) is 4.39 Å². The first-order valence-corrected chi connectivity index (χ1v) is 5.33. The van der Waals surface area contributed by atoms with E-state index in [-0.39, 0.29) is 24.4 Å². The van der Waals surface area contributed by atoms with E-state index >= 15 is 0 Å². The smallest absolute Gasteiger partial charge is 0.188 e. The van der Waals surface area contributed by atoms with E-state index in [1.807, 2.05) is 13.0 Å². The average Bonchev–Trinajstić information content (AvgIpc) is 2.28. The Balaban J connectivity index is 2.66. The fourth-order valence-corrected chi connectivity index (χ4v) is 1.36. The van der Waals surface area contributed by atoms with Crippen LogP contribution in [0.2, 0.25) is 0 Å². The first kappa shape index (κ1) is 12.9. The highest BCUT2D eigenvalue weighted by Gasteiger charge is 2.07. The molecule has 1 unspecified atom stereocenters. The van der Waals surface area contributed by atoms with Gasteiger partial charge in [-0.1, -0.05) is 13.0 Å². The van der Waals surface area contributed by atoms with E-state index in [1.54, 1.807) is 6.07 Å². The van der Waals surface area contributed by atoms with Crippen molar-refractivity contribution in [3.63, 3.8) is 0 Å². The van der Waals surface area contributed by atoms with Gasteiger partial charge in [0.1, 0.15) is 0 Å². The van der Waals surface area contributed by atoms with Crippen LogP contribution in [0.3, 0.4) is 0 Å². The molecule has 4 heteroatoms. The number of methoxy groups -OCH3 is 1. The number of halogens is 1. The van der Waals surface area contributed by atoms with Gasteiger partial charge in [0.25, 0.3) is 0 Å². The maximum Gasteiger partial charge on any atom is 0.188 e. The number of hydrogen-bond donors (Lipinski definition) is 1. The molecule has 0 aliphatic heterocycles. The fraction of sp³-hybridized carbons (Fsp3) is 0.500. The number of nitrogens with two attached hydrogens (primary N) is 1. The third kappa shape index (κ3) is 3.79. The predicted octanol–water partition coefficient (Wildman–Crippen LogP) is 2.09. The molecule has 0 aromatic heterocycles. The lowest BCUT2D eigenvalue weighted by atomic mass is 10.0. The minimum absolute atomic E-state index is 0.0464. The van der Waals surface area contributed by atoms with E-state index in [0.717, 1.165) is 12.0 Å². The maximum absolute atomic E-state index is 13.5. The molecule has 1 atom stereocenters. The summed E-state index contributed by atoms with van der Waals surface area (Å²) in [6.45, 7) is 2.06. The molecule has 0 saturated carbocycles. The van der Waals surface area contributed by atoms with Crippen molar-refractivity contribution in [3.05, 3.63) is 29.6 Å². The molecule has 0 aliphatic carbocycles. The summed E-state index contributed by atoms with van der Waals surface area (Å²) in [5.41, 5.74) is 6.69. The molecule has 0 radical (unpaired) electrons. The molecule has 0 spiro atoms. The van der Waals surface area contributed by atoms with Gasteiger partial charge in [-0.05, 0) is 30.5 Å². The summed E-state index contributed by atoms with van der Waals surface area (Å²) in [6, 6.07) is 4.96. The molecule has 2 N–H and O–H groups in total. The van der Waals surface area contributed by atoms with Gasteiger partial charge in [0.15, 0.2) is 18.4 Å². The van der Waals surface area contributed by atoms with Crippen LogP contribution in [0.4, 0.5) is 4.39 Å². The van der Waals surface area contributed by atoms with Gasteiger partial charge in [0, 0.05) is 13.2 Å². The summed E-state index contributed by atoms with van der Waals surface area (Å²) in [4.78, 5) is 0. The van der Waals surface area contributed by atoms with Crippen LogP contribution < -0.4 is 10.5 Å². The molecule has 0 bridgehead atoms. The molecule has 0 amide bonds. The van der Waals surface area contributed by atoms with Gasteiger partial charge in [0.05, 0.1) is 0 Å². The molecule has 1 rings (SSSR count).